The number of imide groups is 1. The van der Waals surface area contributed by atoms with Crippen molar-refractivity contribution in [3.05, 3.63) is 47.0 Å². The van der Waals surface area contributed by atoms with Gasteiger partial charge in [0, 0.05) is 5.39 Å². The molecule has 0 aliphatic carbocycles. The van der Waals surface area contributed by atoms with Crippen LogP contribution >= 0.6 is 0 Å². The number of amides is 2. The van der Waals surface area contributed by atoms with E-state index in [1.807, 2.05) is 20.8 Å². The van der Waals surface area contributed by atoms with E-state index in [2.05, 4.69) is 4.28 Å². The summed E-state index contributed by atoms with van der Waals surface area (Å²) in [4.78, 5) is 25.1. The van der Waals surface area contributed by atoms with Gasteiger partial charge >= 0.3 is 15.6 Å². The van der Waals surface area contributed by atoms with Crippen LogP contribution in [0.25, 0.3) is 10.8 Å². The molecule has 144 valence electrons. The maximum Gasteiger partial charge on any atom is 0.525 e. The first-order chi connectivity index (χ1) is 12.3. The number of nitrogens with zero attached hydrogens (tertiary/aromatic N) is 1. The van der Waals surface area contributed by atoms with E-state index in [9.17, 15) is 31.2 Å². The standard InChI is InChI=1S/C17H14F3NO5S/c1-16(2,3)12-8-7-11-13-9(12)5-4-6-10(13)14(22)21(15(11)23)26-27(24,25)17(18,19)20/h4-8H,1-3H3. The van der Waals surface area contributed by atoms with Gasteiger partial charge in [-0.05, 0) is 28.5 Å². The molecule has 0 bridgehead atoms. The third kappa shape index (κ3) is 2.98. The number of hydrogen-bond donors (Lipinski definition) is 0. The number of hydroxylamine groups is 2. The SMILES string of the molecule is CC(C)(C)c1ccc2c3c(cccc13)C(=O)N(OS(=O)(=O)C(F)(F)F)C2=O. The highest BCUT2D eigenvalue weighted by Crippen LogP contribution is 2.37. The molecule has 0 fully saturated rings. The molecule has 0 saturated carbocycles. The first-order valence-electron chi connectivity index (χ1n) is 7.71. The molecule has 2 aromatic rings. The van der Waals surface area contributed by atoms with E-state index in [4.69, 9.17) is 0 Å². The smallest absolute Gasteiger partial charge is 0.266 e. The van der Waals surface area contributed by atoms with Crippen LogP contribution in [0.4, 0.5) is 13.2 Å². The minimum Gasteiger partial charge on any atom is -0.266 e. The van der Waals surface area contributed by atoms with Crippen LogP contribution in [0.5, 0.6) is 0 Å². The third-order valence-corrected chi connectivity index (χ3v) is 5.05. The topological polar surface area (TPSA) is 80.8 Å². The van der Waals surface area contributed by atoms with Crippen molar-refractivity contribution >= 4 is 32.7 Å². The van der Waals surface area contributed by atoms with E-state index in [0.29, 0.717) is 5.39 Å². The lowest BCUT2D eigenvalue weighted by Crippen LogP contribution is -2.44. The van der Waals surface area contributed by atoms with E-state index >= 15 is 0 Å². The van der Waals surface area contributed by atoms with Crippen molar-refractivity contribution in [1.82, 2.24) is 5.06 Å². The minimum absolute atomic E-state index is 0.120. The summed E-state index contributed by atoms with van der Waals surface area (Å²) in [5, 5.41) is 0.471. The summed E-state index contributed by atoms with van der Waals surface area (Å²) in [5.74, 6) is -2.56. The Kier molecular flexibility index (Phi) is 4.12. The van der Waals surface area contributed by atoms with Crippen molar-refractivity contribution in [3.63, 3.8) is 0 Å². The number of halogens is 3. The highest BCUT2D eigenvalue weighted by molar-refractivity contribution is 7.87. The zero-order valence-corrected chi connectivity index (χ0v) is 15.2. The summed E-state index contributed by atoms with van der Waals surface area (Å²) in [6, 6.07) is 7.44. The minimum atomic E-state index is -6.18. The molecule has 0 saturated heterocycles. The molecule has 1 heterocycles. The molecule has 2 aromatic carbocycles. The van der Waals surface area contributed by atoms with Gasteiger partial charge in [0.15, 0.2) is 0 Å². The van der Waals surface area contributed by atoms with E-state index in [0.717, 1.165) is 5.56 Å². The van der Waals surface area contributed by atoms with Crippen LogP contribution in [0.15, 0.2) is 30.3 Å². The molecule has 0 unspecified atom stereocenters. The largest absolute Gasteiger partial charge is 0.525 e. The predicted molar refractivity (Wildman–Crippen MR) is 89.2 cm³/mol. The number of carbonyl (C=O) groups is 2. The molecule has 10 heteroatoms. The summed E-state index contributed by atoms with van der Waals surface area (Å²) in [7, 11) is -6.18. The van der Waals surface area contributed by atoms with E-state index in [1.54, 1.807) is 12.1 Å². The van der Waals surface area contributed by atoms with Crippen LogP contribution in [0, 0.1) is 0 Å². The van der Waals surface area contributed by atoms with Gasteiger partial charge in [0.05, 0.1) is 11.1 Å². The van der Waals surface area contributed by atoms with Gasteiger partial charge < -0.3 is 0 Å². The van der Waals surface area contributed by atoms with Crippen molar-refractivity contribution in [3.8, 4) is 0 Å². The molecule has 1 aliphatic rings. The first-order valence-corrected chi connectivity index (χ1v) is 9.12. The van der Waals surface area contributed by atoms with E-state index < -0.39 is 27.4 Å². The second-order valence-corrected chi connectivity index (χ2v) is 8.54. The van der Waals surface area contributed by atoms with Gasteiger partial charge in [-0.1, -0.05) is 39.0 Å². The normalized spacial score (nSPS) is 15.6. The van der Waals surface area contributed by atoms with Crippen LogP contribution in [-0.4, -0.2) is 30.8 Å². The quantitative estimate of drug-likeness (QED) is 0.568. The lowest BCUT2D eigenvalue weighted by atomic mass is 9.81. The van der Waals surface area contributed by atoms with Crippen LogP contribution in [-0.2, 0) is 19.8 Å². The maximum atomic E-state index is 12.6. The summed E-state index contributed by atoms with van der Waals surface area (Å²) >= 11 is 0. The Balaban J connectivity index is 2.21. The predicted octanol–water partition coefficient (Wildman–Crippen LogP) is 3.51. The molecule has 6 nitrogen and oxygen atoms in total. The number of benzene rings is 2. The van der Waals surface area contributed by atoms with E-state index in [1.165, 1.54) is 18.2 Å². The molecule has 0 aromatic heterocycles. The van der Waals surface area contributed by atoms with Crippen LogP contribution in [0.1, 0.15) is 47.1 Å². The van der Waals surface area contributed by atoms with Crippen molar-refractivity contribution in [2.45, 2.75) is 31.7 Å². The monoisotopic (exact) mass is 401 g/mol. The summed E-state index contributed by atoms with van der Waals surface area (Å²) in [6.45, 7) is 5.78. The zero-order valence-electron chi connectivity index (χ0n) is 14.4. The highest BCUT2D eigenvalue weighted by Gasteiger charge is 2.51. The summed E-state index contributed by atoms with van der Waals surface area (Å²) < 4.78 is 64.1. The Labute approximate surface area is 152 Å². The Hall–Kier alpha value is -2.46. The molecule has 2 amide bonds. The highest BCUT2D eigenvalue weighted by atomic mass is 32.2. The van der Waals surface area contributed by atoms with Gasteiger partial charge in [-0.3, -0.25) is 9.59 Å². The average molecular weight is 401 g/mol. The van der Waals surface area contributed by atoms with Crippen LogP contribution < -0.4 is 0 Å². The molecule has 0 N–H and O–H groups in total. The second kappa shape index (κ2) is 5.77. The first kappa shape index (κ1) is 19.3. The lowest BCUT2D eigenvalue weighted by Gasteiger charge is -2.28. The lowest BCUT2D eigenvalue weighted by molar-refractivity contribution is -0.0761. The fraction of sp³-hybridized carbons (Fsp3) is 0.294. The Morgan fingerprint density at radius 2 is 1.48 bits per heavy atom. The zero-order chi connectivity index (χ0) is 20.4. The number of alkyl halides is 3. The Morgan fingerprint density at radius 3 is 2.00 bits per heavy atom. The van der Waals surface area contributed by atoms with Gasteiger partial charge in [0.2, 0.25) is 0 Å². The van der Waals surface area contributed by atoms with Gasteiger partial charge in [0.1, 0.15) is 0 Å². The molecule has 0 radical (unpaired) electrons. The number of rotatable bonds is 2. The average Bonchev–Trinajstić information content (AvgIpc) is 2.54. The molecule has 0 spiro atoms. The third-order valence-electron chi connectivity index (χ3n) is 4.13. The summed E-state index contributed by atoms with van der Waals surface area (Å²) in [6.07, 6.45) is 0. The van der Waals surface area contributed by atoms with Crippen molar-refractivity contribution < 1.29 is 35.5 Å². The van der Waals surface area contributed by atoms with Crippen molar-refractivity contribution in [2.75, 3.05) is 0 Å². The van der Waals surface area contributed by atoms with Crippen molar-refractivity contribution in [2.24, 2.45) is 0 Å². The molecular weight excluding hydrogens is 387 g/mol. The molecule has 0 atom stereocenters. The number of carbonyl (C=O) groups excluding carboxylic acids is 2. The Morgan fingerprint density at radius 1 is 0.926 bits per heavy atom. The van der Waals surface area contributed by atoms with E-state index in [-0.39, 0.29) is 27.0 Å². The van der Waals surface area contributed by atoms with Crippen LogP contribution in [0.2, 0.25) is 0 Å². The number of hydrogen-bond acceptors (Lipinski definition) is 5. The molecule has 1 aliphatic heterocycles. The fourth-order valence-corrected chi connectivity index (χ4v) is 3.35. The fourth-order valence-electron chi connectivity index (χ4n) is 2.94. The van der Waals surface area contributed by atoms with Gasteiger partial charge in [-0.15, -0.1) is 9.35 Å². The molecule has 27 heavy (non-hydrogen) atoms. The second-order valence-electron chi connectivity index (χ2n) is 7.02. The Bertz CT molecular complexity index is 1060. The van der Waals surface area contributed by atoms with Crippen molar-refractivity contribution in [1.29, 1.82) is 0 Å². The molecule has 3 rings (SSSR count). The maximum absolute atomic E-state index is 12.6. The van der Waals surface area contributed by atoms with Gasteiger partial charge in [-0.2, -0.15) is 21.6 Å². The van der Waals surface area contributed by atoms with Gasteiger partial charge in [0.25, 0.3) is 11.8 Å². The summed E-state index contributed by atoms with van der Waals surface area (Å²) in [5.41, 5.74) is -5.54. The molecular formula is C17H14F3NO5S. The van der Waals surface area contributed by atoms with Gasteiger partial charge in [-0.25, -0.2) is 0 Å². The van der Waals surface area contributed by atoms with Crippen LogP contribution in [0.3, 0.4) is 0 Å².